The molecule has 1 aromatic carbocycles. The third-order valence-corrected chi connectivity index (χ3v) is 4.89. The van der Waals surface area contributed by atoms with Crippen LogP contribution < -0.4 is 10.6 Å². The fraction of sp³-hybridized carbons (Fsp3) is 0.190. The van der Waals surface area contributed by atoms with Gasteiger partial charge in [0, 0.05) is 36.7 Å². The molecule has 0 radical (unpaired) electrons. The van der Waals surface area contributed by atoms with Crippen molar-refractivity contribution < 1.29 is 4.79 Å². The van der Waals surface area contributed by atoms with Crippen molar-refractivity contribution in [1.29, 1.82) is 5.26 Å². The average Bonchev–Trinajstić information content (AvgIpc) is 2.71. The van der Waals surface area contributed by atoms with Crippen molar-refractivity contribution in [1.82, 2.24) is 15.0 Å². The van der Waals surface area contributed by atoms with Gasteiger partial charge in [-0.3, -0.25) is 9.78 Å². The summed E-state index contributed by atoms with van der Waals surface area (Å²) in [5.41, 5.74) is 4.27. The monoisotopic (exact) mass is 404 g/mol. The van der Waals surface area contributed by atoms with E-state index in [9.17, 15) is 10.1 Å². The molecular formula is C21H20N6OS. The summed E-state index contributed by atoms with van der Waals surface area (Å²) < 4.78 is 0. The lowest BCUT2D eigenvalue weighted by molar-refractivity contribution is -0.114. The van der Waals surface area contributed by atoms with Crippen LogP contribution in [0.3, 0.4) is 0 Å². The molecule has 0 aliphatic heterocycles. The second kappa shape index (κ2) is 9.17. The molecule has 8 heteroatoms. The van der Waals surface area contributed by atoms with Crippen molar-refractivity contribution in [3.63, 3.8) is 0 Å². The van der Waals surface area contributed by atoms with Crippen LogP contribution >= 0.6 is 11.8 Å². The quantitative estimate of drug-likeness (QED) is 0.472. The zero-order valence-corrected chi connectivity index (χ0v) is 17.2. The number of nitrogens with zero attached hydrogens (tertiary/aromatic N) is 4. The molecule has 29 heavy (non-hydrogen) atoms. The first-order chi connectivity index (χ1) is 14.0. The lowest BCUT2D eigenvalue weighted by Gasteiger charge is -2.11. The molecule has 2 N–H and O–H groups in total. The van der Waals surface area contributed by atoms with Gasteiger partial charge in [0.1, 0.15) is 17.5 Å². The number of thioether (sulfide) groups is 1. The predicted molar refractivity (Wildman–Crippen MR) is 115 cm³/mol. The number of nitriles is 1. The smallest absolute Gasteiger partial charge is 0.221 e. The van der Waals surface area contributed by atoms with Gasteiger partial charge in [0.2, 0.25) is 5.91 Å². The van der Waals surface area contributed by atoms with Crippen LogP contribution in [0, 0.1) is 18.3 Å². The zero-order chi connectivity index (χ0) is 20.8. The summed E-state index contributed by atoms with van der Waals surface area (Å²) in [6.07, 6.45) is 0. The average molecular weight is 404 g/mol. The maximum atomic E-state index is 11.2. The summed E-state index contributed by atoms with van der Waals surface area (Å²) in [6, 6.07) is 15.3. The van der Waals surface area contributed by atoms with E-state index in [4.69, 9.17) is 0 Å². The molecule has 0 bridgehead atoms. The summed E-state index contributed by atoms with van der Waals surface area (Å²) in [5, 5.41) is 15.9. The maximum Gasteiger partial charge on any atom is 0.221 e. The van der Waals surface area contributed by atoms with Gasteiger partial charge in [0.05, 0.1) is 11.4 Å². The molecule has 0 aliphatic carbocycles. The molecule has 1 amide bonds. The first kappa shape index (κ1) is 20.3. The van der Waals surface area contributed by atoms with Crippen molar-refractivity contribution in [3.05, 3.63) is 59.4 Å². The minimum atomic E-state index is -0.140. The fourth-order valence-corrected chi connectivity index (χ4v) is 3.48. The SMILES string of the molecule is CNc1nc(SCc2cccc(C)n2)nc(-c2ccc(NC(C)=O)cc2)c1C#N. The fourth-order valence-electron chi connectivity index (χ4n) is 2.73. The Bertz CT molecular complexity index is 1080. The lowest BCUT2D eigenvalue weighted by atomic mass is 10.1. The van der Waals surface area contributed by atoms with E-state index in [1.165, 1.54) is 18.7 Å². The second-order valence-corrected chi connectivity index (χ2v) is 7.20. The van der Waals surface area contributed by atoms with Crippen LogP contribution in [-0.4, -0.2) is 27.9 Å². The first-order valence-electron chi connectivity index (χ1n) is 8.93. The number of benzene rings is 1. The lowest BCUT2D eigenvalue weighted by Crippen LogP contribution is -2.06. The summed E-state index contributed by atoms with van der Waals surface area (Å²) in [7, 11) is 1.73. The van der Waals surface area contributed by atoms with Crippen LogP contribution in [0.1, 0.15) is 23.9 Å². The number of anilines is 2. The minimum Gasteiger partial charge on any atom is -0.372 e. The van der Waals surface area contributed by atoms with Crippen molar-refractivity contribution in [3.8, 4) is 17.3 Å². The highest BCUT2D eigenvalue weighted by atomic mass is 32.2. The Morgan fingerprint density at radius 3 is 2.52 bits per heavy atom. The molecule has 2 heterocycles. The predicted octanol–water partition coefficient (Wildman–Crippen LogP) is 4.01. The molecule has 7 nitrogen and oxygen atoms in total. The number of rotatable bonds is 6. The second-order valence-electron chi connectivity index (χ2n) is 6.26. The molecule has 0 fully saturated rings. The Morgan fingerprint density at radius 1 is 1.14 bits per heavy atom. The number of amides is 1. The third-order valence-electron chi connectivity index (χ3n) is 4.01. The highest BCUT2D eigenvalue weighted by Crippen LogP contribution is 2.30. The largest absolute Gasteiger partial charge is 0.372 e. The van der Waals surface area contributed by atoms with E-state index in [-0.39, 0.29) is 5.91 Å². The highest BCUT2D eigenvalue weighted by molar-refractivity contribution is 7.98. The van der Waals surface area contributed by atoms with Gasteiger partial charge >= 0.3 is 0 Å². The van der Waals surface area contributed by atoms with Crippen molar-refractivity contribution in [2.75, 3.05) is 17.7 Å². The molecule has 0 saturated carbocycles. The summed E-state index contributed by atoms with van der Waals surface area (Å²) in [4.78, 5) is 24.8. The van der Waals surface area contributed by atoms with Crippen LogP contribution in [0.25, 0.3) is 11.3 Å². The summed E-state index contributed by atoms with van der Waals surface area (Å²) >= 11 is 1.46. The van der Waals surface area contributed by atoms with Gasteiger partial charge in [-0.2, -0.15) is 5.26 Å². The van der Waals surface area contributed by atoms with Crippen LogP contribution in [0.2, 0.25) is 0 Å². The Kier molecular flexibility index (Phi) is 6.42. The topological polar surface area (TPSA) is 104 Å². The molecule has 0 atom stereocenters. The maximum absolute atomic E-state index is 11.2. The van der Waals surface area contributed by atoms with Crippen LogP contribution in [0.5, 0.6) is 0 Å². The normalized spacial score (nSPS) is 10.3. The number of carbonyl (C=O) groups is 1. The number of carbonyl (C=O) groups excluding carboxylic acids is 1. The molecule has 0 unspecified atom stereocenters. The van der Waals surface area contributed by atoms with Crippen molar-refractivity contribution in [2.45, 2.75) is 24.8 Å². The number of aromatic nitrogens is 3. The molecule has 2 aromatic heterocycles. The molecule has 0 spiro atoms. The van der Waals surface area contributed by atoms with E-state index in [0.29, 0.717) is 33.7 Å². The van der Waals surface area contributed by atoms with Gasteiger partial charge < -0.3 is 10.6 Å². The van der Waals surface area contributed by atoms with Crippen molar-refractivity contribution >= 4 is 29.2 Å². The minimum absolute atomic E-state index is 0.140. The molecule has 3 rings (SSSR count). The van der Waals surface area contributed by atoms with Gasteiger partial charge in [0.15, 0.2) is 5.16 Å². The number of nitrogens with one attached hydrogen (secondary N) is 2. The van der Waals surface area contributed by atoms with Gasteiger partial charge in [0.25, 0.3) is 0 Å². The Balaban J connectivity index is 1.94. The summed E-state index contributed by atoms with van der Waals surface area (Å²) in [5.74, 6) is 0.957. The first-order valence-corrected chi connectivity index (χ1v) is 9.92. The van der Waals surface area contributed by atoms with Gasteiger partial charge in [-0.1, -0.05) is 30.0 Å². The number of hydrogen-bond acceptors (Lipinski definition) is 7. The van der Waals surface area contributed by atoms with Crippen molar-refractivity contribution in [2.24, 2.45) is 0 Å². The standard InChI is InChI=1S/C21H20N6OS/c1-13-5-4-6-17(24-13)12-29-21-26-19(18(11-22)20(23-3)27-21)15-7-9-16(10-8-15)25-14(2)28/h4-10H,12H2,1-3H3,(H,25,28)(H,23,26,27). The molecular weight excluding hydrogens is 384 g/mol. The number of aryl methyl sites for hydroxylation is 1. The van der Waals surface area contributed by atoms with Gasteiger partial charge in [-0.15, -0.1) is 0 Å². The van der Waals surface area contributed by atoms with E-state index < -0.39 is 0 Å². The van der Waals surface area contributed by atoms with E-state index in [0.717, 1.165) is 17.0 Å². The van der Waals surface area contributed by atoms with Crippen LogP contribution in [0.15, 0.2) is 47.6 Å². The zero-order valence-electron chi connectivity index (χ0n) is 16.4. The van der Waals surface area contributed by atoms with E-state index in [1.807, 2.05) is 37.3 Å². The van der Waals surface area contributed by atoms with Gasteiger partial charge in [-0.25, -0.2) is 9.97 Å². The van der Waals surface area contributed by atoms with Gasteiger partial charge in [-0.05, 0) is 31.2 Å². The van der Waals surface area contributed by atoms with E-state index in [1.54, 1.807) is 19.2 Å². The third kappa shape index (κ3) is 5.09. The van der Waals surface area contributed by atoms with E-state index in [2.05, 4.69) is 31.7 Å². The Hall–Kier alpha value is -3.44. The number of hydrogen-bond donors (Lipinski definition) is 2. The Morgan fingerprint density at radius 2 is 1.90 bits per heavy atom. The van der Waals surface area contributed by atoms with Crippen LogP contribution in [-0.2, 0) is 10.5 Å². The number of pyridine rings is 1. The Labute approximate surface area is 173 Å². The van der Waals surface area contributed by atoms with Crippen LogP contribution in [0.4, 0.5) is 11.5 Å². The summed E-state index contributed by atoms with van der Waals surface area (Å²) in [6.45, 7) is 3.41. The van der Waals surface area contributed by atoms with E-state index >= 15 is 0 Å². The molecule has 0 saturated heterocycles. The molecule has 3 aromatic rings. The molecule has 146 valence electrons. The highest BCUT2D eigenvalue weighted by Gasteiger charge is 2.16. The molecule has 0 aliphatic rings.